The average molecular weight is 585 g/mol. The van der Waals surface area contributed by atoms with Gasteiger partial charge in [-0.15, -0.1) is 0 Å². The maximum absolute atomic E-state index is 13.4. The molecular weight excluding hydrogens is 552 g/mol. The Morgan fingerprint density at radius 3 is 2.72 bits per heavy atom. The molecule has 13 nitrogen and oxygen atoms in total. The number of rotatable bonds is 9. The van der Waals surface area contributed by atoms with Crippen molar-refractivity contribution >= 4 is 23.4 Å². The van der Waals surface area contributed by atoms with Crippen molar-refractivity contribution < 1.29 is 23.8 Å². The van der Waals surface area contributed by atoms with Crippen LogP contribution in [-0.2, 0) is 11.2 Å². The molecule has 2 aromatic carbocycles. The Morgan fingerprint density at radius 2 is 1.91 bits per heavy atom. The Kier molecular flexibility index (Phi) is 8.20. The number of methoxy groups -OCH3 is 1. The first-order valence-electron chi connectivity index (χ1n) is 14.0. The molecule has 2 aromatic heterocycles. The van der Waals surface area contributed by atoms with Gasteiger partial charge in [0.1, 0.15) is 17.9 Å². The van der Waals surface area contributed by atoms with Crippen molar-refractivity contribution in [1.82, 2.24) is 29.7 Å². The van der Waals surface area contributed by atoms with E-state index < -0.39 is 6.04 Å². The predicted molar refractivity (Wildman–Crippen MR) is 158 cm³/mol. The minimum atomic E-state index is -0.399. The number of carbonyl (C=O) groups excluding carboxylic acids is 2. The molecule has 0 bridgehead atoms. The molecule has 2 aliphatic rings. The first-order valence-corrected chi connectivity index (χ1v) is 14.0. The topological polar surface area (TPSA) is 136 Å². The molecule has 2 N–H and O–H groups in total. The number of urea groups is 1. The molecule has 13 heteroatoms. The molecule has 6 rings (SSSR count). The van der Waals surface area contributed by atoms with Crippen molar-refractivity contribution in [3.8, 4) is 23.2 Å². The number of hydrogen-bond donors (Lipinski definition) is 2. The Bertz CT molecular complexity index is 1560. The number of ether oxygens (including phenoxy) is 3. The molecule has 1 fully saturated rings. The quantitative estimate of drug-likeness (QED) is 0.304. The summed E-state index contributed by atoms with van der Waals surface area (Å²) in [5.74, 6) is 3.20. The summed E-state index contributed by atoms with van der Waals surface area (Å²) in [4.78, 5) is 43.5. The lowest BCUT2D eigenvalue weighted by Crippen LogP contribution is -2.57. The third-order valence-electron chi connectivity index (χ3n) is 7.37. The first-order chi connectivity index (χ1) is 21.1. The lowest BCUT2D eigenvalue weighted by molar-refractivity contribution is -0.122. The second-order valence-corrected chi connectivity index (χ2v) is 10.1. The molecule has 0 radical (unpaired) electrons. The highest BCUT2D eigenvalue weighted by atomic mass is 16.7. The van der Waals surface area contributed by atoms with E-state index in [1.807, 2.05) is 24.3 Å². The van der Waals surface area contributed by atoms with Gasteiger partial charge in [0.25, 0.3) is 0 Å². The van der Waals surface area contributed by atoms with Crippen molar-refractivity contribution in [2.45, 2.75) is 18.9 Å². The van der Waals surface area contributed by atoms with Crippen LogP contribution in [0.1, 0.15) is 12.0 Å². The zero-order valence-electron chi connectivity index (χ0n) is 23.7. The van der Waals surface area contributed by atoms with Gasteiger partial charge in [-0.05, 0) is 54.4 Å². The molecule has 2 aliphatic heterocycles. The summed E-state index contributed by atoms with van der Waals surface area (Å²) in [6.45, 7) is 2.04. The van der Waals surface area contributed by atoms with E-state index >= 15 is 0 Å². The molecule has 4 heterocycles. The smallest absolute Gasteiger partial charge is 0.322 e. The van der Waals surface area contributed by atoms with E-state index in [0.717, 1.165) is 11.3 Å². The van der Waals surface area contributed by atoms with E-state index in [4.69, 9.17) is 19.2 Å². The number of amides is 3. The van der Waals surface area contributed by atoms with Gasteiger partial charge in [-0.3, -0.25) is 9.36 Å². The maximum atomic E-state index is 13.4. The third kappa shape index (κ3) is 6.61. The van der Waals surface area contributed by atoms with E-state index in [2.05, 4.69) is 25.5 Å². The number of benzene rings is 2. The lowest BCUT2D eigenvalue weighted by Gasteiger charge is -2.41. The van der Waals surface area contributed by atoms with E-state index in [9.17, 15) is 9.59 Å². The Hall–Kier alpha value is -5.33. The molecule has 0 aliphatic carbocycles. The van der Waals surface area contributed by atoms with E-state index in [1.54, 1.807) is 65.8 Å². The van der Waals surface area contributed by atoms with Crippen molar-refractivity contribution in [2.24, 2.45) is 0 Å². The summed E-state index contributed by atoms with van der Waals surface area (Å²) in [5.41, 5.74) is 1.67. The van der Waals surface area contributed by atoms with Gasteiger partial charge in [-0.25, -0.2) is 14.8 Å². The van der Waals surface area contributed by atoms with Crippen LogP contribution in [-0.4, -0.2) is 82.5 Å². The highest BCUT2D eigenvalue weighted by molar-refractivity contribution is 5.90. The highest BCUT2D eigenvalue weighted by Gasteiger charge is 2.33. The molecule has 0 spiro atoms. The van der Waals surface area contributed by atoms with Gasteiger partial charge in [0.15, 0.2) is 11.5 Å². The van der Waals surface area contributed by atoms with Crippen LogP contribution < -0.4 is 29.7 Å². The number of nitrogens with zero attached hydrogens (tertiary/aromatic N) is 6. The van der Waals surface area contributed by atoms with Gasteiger partial charge in [-0.2, -0.15) is 4.98 Å². The van der Waals surface area contributed by atoms with Crippen molar-refractivity contribution in [1.29, 1.82) is 0 Å². The third-order valence-corrected chi connectivity index (χ3v) is 7.37. The highest BCUT2D eigenvalue weighted by Crippen LogP contribution is 2.32. The standard InChI is InChI=1S/C30H32N8O5/c1-41-24-5-3-22(4-6-24)34-30(40)38-15-14-36(27-9-11-33-29(35-27)37-13-12-31-19-37)18-23(38)17-28(39)32-10-8-21-2-7-25-26(16-21)43-20-42-25/h2-7,9,11-13,16,19,23H,8,10,14-15,17-18,20H2,1H3,(H,32,39)(H,34,40). The molecule has 43 heavy (non-hydrogen) atoms. The molecule has 1 saturated heterocycles. The van der Waals surface area contributed by atoms with Gasteiger partial charge in [-0.1, -0.05) is 6.07 Å². The monoisotopic (exact) mass is 584 g/mol. The van der Waals surface area contributed by atoms with Crippen LogP contribution >= 0.6 is 0 Å². The fraction of sp³-hybridized carbons (Fsp3) is 0.300. The minimum Gasteiger partial charge on any atom is -0.497 e. The lowest BCUT2D eigenvalue weighted by atomic mass is 10.1. The fourth-order valence-electron chi connectivity index (χ4n) is 5.12. The summed E-state index contributed by atoms with van der Waals surface area (Å²) in [5, 5.41) is 5.97. The van der Waals surface area contributed by atoms with Crippen LogP contribution in [0.4, 0.5) is 16.3 Å². The minimum absolute atomic E-state index is 0.132. The van der Waals surface area contributed by atoms with E-state index in [1.165, 1.54) is 0 Å². The van der Waals surface area contributed by atoms with Crippen LogP contribution in [0.15, 0.2) is 73.4 Å². The number of anilines is 2. The number of carbonyl (C=O) groups is 2. The number of imidazole rings is 1. The van der Waals surface area contributed by atoms with E-state index in [-0.39, 0.29) is 25.2 Å². The molecule has 1 unspecified atom stereocenters. The SMILES string of the molecule is COc1ccc(NC(=O)N2CCN(c3ccnc(-n4ccnc4)n3)CC2CC(=O)NCCc2ccc3c(c2)OCO3)cc1. The molecular formula is C30H32N8O5. The summed E-state index contributed by atoms with van der Waals surface area (Å²) in [6, 6.07) is 14.1. The first kappa shape index (κ1) is 27.8. The van der Waals surface area contributed by atoms with Crippen LogP contribution in [0.3, 0.4) is 0 Å². The number of aromatic nitrogens is 4. The summed E-state index contributed by atoms with van der Waals surface area (Å²) in [6.07, 6.45) is 7.54. The van der Waals surface area contributed by atoms with Gasteiger partial charge in [0.05, 0.1) is 13.2 Å². The molecule has 1 atom stereocenters. The average Bonchev–Trinajstić information content (AvgIpc) is 3.74. The summed E-state index contributed by atoms with van der Waals surface area (Å²) < 4.78 is 17.8. The van der Waals surface area contributed by atoms with Crippen molar-refractivity contribution in [3.63, 3.8) is 0 Å². The van der Waals surface area contributed by atoms with Crippen molar-refractivity contribution in [3.05, 3.63) is 79.0 Å². The predicted octanol–water partition coefficient (Wildman–Crippen LogP) is 2.87. The Balaban J connectivity index is 1.13. The van der Waals surface area contributed by atoms with Crippen LogP contribution in [0.25, 0.3) is 5.95 Å². The van der Waals surface area contributed by atoms with Crippen LogP contribution in [0.5, 0.6) is 17.2 Å². The van der Waals surface area contributed by atoms with Gasteiger partial charge < -0.3 is 34.6 Å². The number of nitrogens with one attached hydrogen (secondary N) is 2. The second kappa shape index (κ2) is 12.7. The summed E-state index contributed by atoms with van der Waals surface area (Å²) >= 11 is 0. The zero-order chi connectivity index (χ0) is 29.6. The fourth-order valence-corrected chi connectivity index (χ4v) is 5.12. The zero-order valence-corrected chi connectivity index (χ0v) is 23.7. The summed E-state index contributed by atoms with van der Waals surface area (Å²) in [7, 11) is 1.59. The van der Waals surface area contributed by atoms with E-state index in [0.29, 0.717) is 61.6 Å². The van der Waals surface area contributed by atoms with Crippen LogP contribution in [0.2, 0.25) is 0 Å². The maximum Gasteiger partial charge on any atom is 0.322 e. The van der Waals surface area contributed by atoms with Crippen molar-refractivity contribution in [2.75, 3.05) is 50.3 Å². The molecule has 222 valence electrons. The molecule has 3 amide bonds. The molecule has 4 aromatic rings. The Morgan fingerprint density at radius 1 is 1.05 bits per heavy atom. The number of hydrogen-bond acceptors (Lipinski definition) is 9. The number of piperazine rings is 1. The van der Waals surface area contributed by atoms with Crippen LogP contribution in [0, 0.1) is 0 Å². The van der Waals surface area contributed by atoms with Gasteiger partial charge >= 0.3 is 6.03 Å². The van der Waals surface area contributed by atoms with Gasteiger partial charge in [0.2, 0.25) is 18.6 Å². The molecule has 0 saturated carbocycles. The Labute approximate surface area is 248 Å². The number of fused-ring (bicyclic) bond motifs is 1. The van der Waals surface area contributed by atoms with Gasteiger partial charge in [0, 0.05) is 56.9 Å². The largest absolute Gasteiger partial charge is 0.497 e. The second-order valence-electron chi connectivity index (χ2n) is 10.1. The normalized spacial score (nSPS) is 15.7.